The lowest BCUT2D eigenvalue weighted by molar-refractivity contribution is -0.127. The van der Waals surface area contributed by atoms with Gasteiger partial charge in [0.25, 0.3) is 0 Å². The Kier molecular flexibility index (Phi) is 6.50. The highest BCUT2D eigenvalue weighted by Crippen LogP contribution is 2.65. The molecule has 3 N–H and O–H groups in total. The van der Waals surface area contributed by atoms with Crippen LogP contribution in [-0.2, 0) is 10.2 Å². The quantitative estimate of drug-likeness (QED) is 0.420. The normalized spacial score (nSPS) is 30.5. The second kappa shape index (κ2) is 9.47. The van der Waals surface area contributed by atoms with Gasteiger partial charge in [-0.3, -0.25) is 9.69 Å². The van der Waals surface area contributed by atoms with Crippen molar-refractivity contribution < 1.29 is 24.2 Å². The number of carboxylic acids is 1. The number of rotatable bonds is 3. The highest BCUT2D eigenvalue weighted by Gasteiger charge is 2.72. The third-order valence-electron chi connectivity index (χ3n) is 9.70. The molecule has 2 atom stereocenters. The lowest BCUT2D eigenvalue weighted by Gasteiger charge is -2.53. The molecule has 2 aromatic carbocycles. The SMILES string of the molecule is O=C(O)c1cc2c(cc1Cl)NC(=O)C21[C@@H](c2cccc(Cl)c2F)CN(C2CCC(O)CC2)C12CCCCC2. The first-order valence-electron chi connectivity index (χ1n) is 13.5. The molecule has 2 spiro atoms. The molecule has 1 saturated heterocycles. The van der Waals surface area contributed by atoms with Gasteiger partial charge in [0.1, 0.15) is 11.2 Å². The fraction of sp³-hybridized carbons (Fsp3) is 0.517. The van der Waals surface area contributed by atoms with Gasteiger partial charge in [-0.2, -0.15) is 0 Å². The van der Waals surface area contributed by atoms with E-state index < -0.39 is 28.7 Å². The molecule has 6 rings (SSSR count). The first-order valence-corrected chi connectivity index (χ1v) is 14.2. The number of nitrogens with one attached hydrogen (secondary N) is 1. The molecule has 1 unspecified atom stereocenters. The maximum atomic E-state index is 15.8. The topological polar surface area (TPSA) is 89.9 Å². The van der Waals surface area contributed by atoms with E-state index in [4.69, 9.17) is 23.2 Å². The van der Waals surface area contributed by atoms with E-state index in [1.165, 1.54) is 18.2 Å². The zero-order valence-corrected chi connectivity index (χ0v) is 22.5. The van der Waals surface area contributed by atoms with Crippen LogP contribution in [0.2, 0.25) is 10.0 Å². The number of nitrogens with zero attached hydrogens (tertiary/aromatic N) is 1. The van der Waals surface area contributed by atoms with Crippen LogP contribution in [0, 0.1) is 5.82 Å². The monoisotopic (exact) mass is 560 g/mol. The molecule has 0 aromatic heterocycles. The van der Waals surface area contributed by atoms with Crippen molar-refractivity contribution in [2.45, 2.75) is 86.8 Å². The number of carbonyl (C=O) groups excluding carboxylic acids is 1. The van der Waals surface area contributed by atoms with Crippen molar-refractivity contribution >= 4 is 40.8 Å². The van der Waals surface area contributed by atoms with Crippen molar-refractivity contribution in [1.29, 1.82) is 0 Å². The third kappa shape index (κ3) is 3.58. The van der Waals surface area contributed by atoms with Crippen LogP contribution in [0.3, 0.4) is 0 Å². The third-order valence-corrected chi connectivity index (χ3v) is 10.3. The van der Waals surface area contributed by atoms with Gasteiger partial charge in [0.15, 0.2) is 0 Å². The van der Waals surface area contributed by atoms with Gasteiger partial charge in [0.2, 0.25) is 5.91 Å². The Balaban J connectivity index is 1.64. The van der Waals surface area contributed by atoms with Crippen molar-refractivity contribution in [2.75, 3.05) is 11.9 Å². The van der Waals surface area contributed by atoms with E-state index >= 15 is 4.39 Å². The standard InChI is InChI=1S/C29H31Cl2FN2O4/c30-22-6-4-5-18(25(22)32)21-15-34(16-7-9-17(35)10-8-16)28(11-2-1-3-12-28)29(21)20-13-19(26(36)37)23(31)14-24(20)33-27(29)38/h4-6,13-14,16-17,21,35H,1-3,7-12,15H2,(H,33,38)(H,36,37)/t16?,17?,21-,29?/m1/s1. The van der Waals surface area contributed by atoms with Crippen LogP contribution < -0.4 is 5.32 Å². The summed E-state index contributed by atoms with van der Waals surface area (Å²) in [5.74, 6) is -2.54. The van der Waals surface area contributed by atoms with Crippen LogP contribution in [0.5, 0.6) is 0 Å². The maximum Gasteiger partial charge on any atom is 0.337 e. The summed E-state index contributed by atoms with van der Waals surface area (Å²) in [6.45, 7) is 0.440. The second-order valence-corrected chi connectivity index (χ2v) is 12.2. The molecule has 6 nitrogen and oxygen atoms in total. The lowest BCUT2D eigenvalue weighted by Crippen LogP contribution is -2.63. The van der Waals surface area contributed by atoms with E-state index in [1.54, 1.807) is 12.1 Å². The predicted octanol–water partition coefficient (Wildman–Crippen LogP) is 6.13. The summed E-state index contributed by atoms with van der Waals surface area (Å²) in [5, 5.41) is 23.3. The molecule has 9 heteroatoms. The van der Waals surface area contributed by atoms with Crippen molar-refractivity contribution in [1.82, 2.24) is 4.90 Å². The Morgan fingerprint density at radius 3 is 2.45 bits per heavy atom. The summed E-state index contributed by atoms with van der Waals surface area (Å²) >= 11 is 12.6. The molecule has 0 bridgehead atoms. The first-order chi connectivity index (χ1) is 18.2. The Morgan fingerprint density at radius 2 is 1.76 bits per heavy atom. The van der Waals surface area contributed by atoms with E-state index in [0.717, 1.165) is 44.9 Å². The maximum absolute atomic E-state index is 15.8. The molecule has 1 amide bonds. The molecule has 2 aliphatic carbocycles. The van der Waals surface area contributed by atoms with Crippen LogP contribution in [0.4, 0.5) is 10.1 Å². The molecule has 2 saturated carbocycles. The molecule has 2 aliphatic heterocycles. The fourth-order valence-electron chi connectivity index (χ4n) is 8.19. The largest absolute Gasteiger partial charge is 0.478 e. The summed E-state index contributed by atoms with van der Waals surface area (Å²) in [5.41, 5.74) is -0.500. The molecular weight excluding hydrogens is 530 g/mol. The number of hydrogen-bond donors (Lipinski definition) is 3. The lowest BCUT2D eigenvalue weighted by atomic mass is 9.55. The Bertz CT molecular complexity index is 1310. The van der Waals surface area contributed by atoms with E-state index in [9.17, 15) is 19.8 Å². The summed E-state index contributed by atoms with van der Waals surface area (Å²) in [6, 6.07) is 8.11. The van der Waals surface area contributed by atoms with Crippen LogP contribution in [0.15, 0.2) is 30.3 Å². The molecule has 4 aliphatic rings. The smallest absolute Gasteiger partial charge is 0.337 e. The summed E-state index contributed by atoms with van der Waals surface area (Å²) in [6.07, 6.45) is 6.97. The van der Waals surface area contributed by atoms with Crippen LogP contribution >= 0.6 is 23.2 Å². The summed E-state index contributed by atoms with van der Waals surface area (Å²) in [7, 11) is 0. The van der Waals surface area contributed by atoms with Gasteiger partial charge >= 0.3 is 5.97 Å². The number of amides is 1. The molecule has 2 heterocycles. The number of aliphatic hydroxyl groups excluding tert-OH is 1. The number of likely N-dealkylation sites (tertiary alicyclic amines) is 1. The van der Waals surface area contributed by atoms with Crippen molar-refractivity contribution in [2.24, 2.45) is 0 Å². The number of anilines is 1. The summed E-state index contributed by atoms with van der Waals surface area (Å²) in [4.78, 5) is 29.1. The van der Waals surface area contributed by atoms with Gasteiger partial charge in [-0.05, 0) is 67.9 Å². The number of fused-ring (bicyclic) bond motifs is 3. The Hall–Kier alpha value is -2.19. The number of carbonyl (C=O) groups is 2. The molecular formula is C29H31Cl2FN2O4. The van der Waals surface area contributed by atoms with Gasteiger partial charge in [0, 0.05) is 29.7 Å². The van der Waals surface area contributed by atoms with Crippen molar-refractivity contribution in [3.8, 4) is 0 Å². The zero-order chi connectivity index (χ0) is 26.8. The molecule has 3 fully saturated rings. The van der Waals surface area contributed by atoms with Gasteiger partial charge in [0.05, 0.1) is 21.7 Å². The van der Waals surface area contributed by atoms with Gasteiger partial charge in [-0.25, -0.2) is 9.18 Å². The van der Waals surface area contributed by atoms with E-state index in [0.29, 0.717) is 36.2 Å². The van der Waals surface area contributed by atoms with Crippen molar-refractivity contribution in [3.05, 3.63) is 62.9 Å². The highest BCUT2D eigenvalue weighted by molar-refractivity contribution is 6.34. The predicted molar refractivity (Wildman–Crippen MR) is 144 cm³/mol. The van der Waals surface area contributed by atoms with E-state index in [1.807, 2.05) is 0 Å². The highest BCUT2D eigenvalue weighted by atomic mass is 35.5. The van der Waals surface area contributed by atoms with Crippen LogP contribution in [-0.4, -0.2) is 51.2 Å². The average molecular weight is 561 g/mol. The number of benzene rings is 2. The number of halogens is 3. The number of hydrogen-bond acceptors (Lipinski definition) is 4. The second-order valence-electron chi connectivity index (χ2n) is 11.3. The molecule has 202 valence electrons. The number of aromatic carboxylic acids is 1. The van der Waals surface area contributed by atoms with E-state index in [2.05, 4.69) is 10.2 Å². The zero-order valence-electron chi connectivity index (χ0n) is 21.0. The molecule has 2 aromatic rings. The Labute approximate surface area is 231 Å². The van der Waals surface area contributed by atoms with Crippen LogP contribution in [0.1, 0.15) is 85.2 Å². The first kappa shape index (κ1) is 26.1. The van der Waals surface area contributed by atoms with Crippen molar-refractivity contribution in [3.63, 3.8) is 0 Å². The average Bonchev–Trinajstić information content (AvgIpc) is 3.33. The van der Waals surface area contributed by atoms with Crippen LogP contribution in [0.25, 0.3) is 0 Å². The van der Waals surface area contributed by atoms with Gasteiger partial charge in [-0.1, -0.05) is 54.6 Å². The number of carboxylic acid groups (broad SMARTS) is 1. The Morgan fingerprint density at radius 1 is 1.05 bits per heavy atom. The summed E-state index contributed by atoms with van der Waals surface area (Å²) < 4.78 is 15.8. The fourth-order valence-corrected chi connectivity index (χ4v) is 8.61. The minimum Gasteiger partial charge on any atom is -0.478 e. The molecule has 38 heavy (non-hydrogen) atoms. The number of aliphatic hydroxyl groups is 1. The minimum absolute atomic E-state index is 0.00413. The molecule has 0 radical (unpaired) electrons. The minimum atomic E-state index is -1.22. The van der Waals surface area contributed by atoms with Gasteiger partial charge < -0.3 is 15.5 Å². The van der Waals surface area contributed by atoms with Gasteiger partial charge in [-0.15, -0.1) is 0 Å². The van der Waals surface area contributed by atoms with E-state index in [-0.39, 0.29) is 33.7 Å².